The molecule has 2 aromatic rings. The molecule has 0 radical (unpaired) electrons. The summed E-state index contributed by atoms with van der Waals surface area (Å²) in [6.45, 7) is -3.30. The van der Waals surface area contributed by atoms with Crippen LogP contribution in [0.4, 0.5) is 37.0 Å². The molecule has 1 aromatic heterocycles. The van der Waals surface area contributed by atoms with Crippen LogP contribution in [0.1, 0.15) is 33.6 Å². The number of hydrogen-bond acceptors (Lipinski definition) is 6. The van der Waals surface area contributed by atoms with Crippen molar-refractivity contribution in [1.82, 2.24) is 0 Å². The lowest BCUT2D eigenvalue weighted by Gasteiger charge is -2.16. The zero-order valence-electron chi connectivity index (χ0n) is 18.2. The lowest BCUT2D eigenvalue weighted by atomic mass is 9.95. The molecule has 0 amide bonds. The molecule has 0 spiro atoms. The number of nitrogens with one attached hydrogen (secondary N) is 2. The number of fused-ring (bicyclic) bond motifs is 1. The van der Waals surface area contributed by atoms with Gasteiger partial charge in [-0.05, 0) is 43.5 Å². The van der Waals surface area contributed by atoms with Crippen LogP contribution >= 0.6 is 23.6 Å². The number of methoxy groups -OCH3 is 1. The van der Waals surface area contributed by atoms with Crippen molar-refractivity contribution in [3.63, 3.8) is 0 Å². The first-order valence-corrected chi connectivity index (χ1v) is 11.4. The number of ether oxygens (including phenoxy) is 3. The standard InChI is InChI=1S/C21H20F6N2O4S2/c1-31-18(30)16-14-4-2-3-5-15(14)35-17(16)29-19(34)28-11-6-12(32-9-20(22,23)24)8-13(7-11)33-10-21(25,26)27/h6-8H,2-5,9-10H2,1H3,(H2,28,29,34). The minimum absolute atomic E-state index is 0.0142. The van der Waals surface area contributed by atoms with E-state index in [0.29, 0.717) is 17.0 Å². The Kier molecular flexibility index (Phi) is 8.36. The first kappa shape index (κ1) is 26.9. The Morgan fingerprint density at radius 3 is 2.09 bits per heavy atom. The van der Waals surface area contributed by atoms with Gasteiger partial charge in [-0.2, -0.15) is 26.3 Å². The Balaban J connectivity index is 1.81. The number of benzene rings is 1. The minimum Gasteiger partial charge on any atom is -0.484 e. The summed E-state index contributed by atoms with van der Waals surface area (Å²) in [4.78, 5) is 13.4. The lowest BCUT2D eigenvalue weighted by Crippen LogP contribution is -2.22. The highest BCUT2D eigenvalue weighted by molar-refractivity contribution is 7.80. The molecule has 0 atom stereocenters. The van der Waals surface area contributed by atoms with Gasteiger partial charge in [0.2, 0.25) is 0 Å². The van der Waals surface area contributed by atoms with Gasteiger partial charge in [-0.1, -0.05) is 0 Å². The second kappa shape index (κ2) is 10.9. The fourth-order valence-electron chi connectivity index (χ4n) is 3.38. The lowest BCUT2D eigenvalue weighted by molar-refractivity contribution is -0.153. The Bertz CT molecular complexity index is 1050. The minimum atomic E-state index is -4.66. The van der Waals surface area contributed by atoms with E-state index in [1.807, 2.05) is 0 Å². The fourth-order valence-corrected chi connectivity index (χ4v) is 4.94. The van der Waals surface area contributed by atoms with Crippen LogP contribution < -0.4 is 20.1 Å². The van der Waals surface area contributed by atoms with E-state index >= 15 is 0 Å². The molecule has 0 unspecified atom stereocenters. The third-order valence-electron chi connectivity index (χ3n) is 4.73. The molecule has 1 heterocycles. The molecule has 3 rings (SSSR count). The van der Waals surface area contributed by atoms with Crippen molar-refractivity contribution in [2.45, 2.75) is 38.0 Å². The second-order valence-corrected chi connectivity index (χ2v) is 9.00. The van der Waals surface area contributed by atoms with Gasteiger partial charge in [0.05, 0.1) is 12.7 Å². The second-order valence-electron chi connectivity index (χ2n) is 7.49. The zero-order valence-corrected chi connectivity index (χ0v) is 19.8. The monoisotopic (exact) mass is 542 g/mol. The summed E-state index contributed by atoms with van der Waals surface area (Å²) in [7, 11) is 1.25. The fraction of sp³-hybridized carbons (Fsp3) is 0.429. The summed E-state index contributed by atoms with van der Waals surface area (Å²) in [6, 6.07) is 3.16. The predicted molar refractivity (Wildman–Crippen MR) is 122 cm³/mol. The highest BCUT2D eigenvalue weighted by Gasteiger charge is 2.30. The maximum absolute atomic E-state index is 12.5. The molecule has 2 N–H and O–H groups in total. The number of carbonyl (C=O) groups is 1. The molecule has 192 valence electrons. The maximum Gasteiger partial charge on any atom is 0.422 e. The first-order chi connectivity index (χ1) is 16.3. The van der Waals surface area contributed by atoms with E-state index in [-0.39, 0.29) is 22.3 Å². The molecular formula is C21H20F6N2O4S2. The number of carbonyl (C=O) groups excluding carboxylic acids is 1. The van der Waals surface area contributed by atoms with Crippen LogP contribution in [0.5, 0.6) is 11.5 Å². The number of rotatable bonds is 7. The molecule has 0 bridgehead atoms. The highest BCUT2D eigenvalue weighted by atomic mass is 32.1. The van der Waals surface area contributed by atoms with Crippen LogP contribution in [0.25, 0.3) is 0 Å². The van der Waals surface area contributed by atoms with Crippen molar-refractivity contribution in [3.05, 3.63) is 34.2 Å². The van der Waals surface area contributed by atoms with E-state index in [1.165, 1.54) is 18.4 Å². The van der Waals surface area contributed by atoms with Crippen molar-refractivity contribution < 1.29 is 45.3 Å². The van der Waals surface area contributed by atoms with Crippen LogP contribution in [-0.4, -0.2) is 43.8 Å². The molecule has 0 aliphatic heterocycles. The van der Waals surface area contributed by atoms with E-state index in [0.717, 1.165) is 47.9 Å². The van der Waals surface area contributed by atoms with Crippen molar-refractivity contribution >= 4 is 45.3 Å². The number of anilines is 2. The van der Waals surface area contributed by atoms with E-state index in [9.17, 15) is 31.1 Å². The van der Waals surface area contributed by atoms with E-state index in [1.54, 1.807) is 0 Å². The summed E-state index contributed by atoms with van der Waals surface area (Å²) < 4.78 is 89.4. The van der Waals surface area contributed by atoms with E-state index < -0.39 is 31.5 Å². The summed E-state index contributed by atoms with van der Waals surface area (Å²) in [5.74, 6) is -1.30. The summed E-state index contributed by atoms with van der Waals surface area (Å²) in [5, 5.41) is 5.94. The van der Waals surface area contributed by atoms with Crippen LogP contribution in [0.15, 0.2) is 18.2 Å². The van der Waals surface area contributed by atoms with Crippen molar-refractivity contribution in [2.24, 2.45) is 0 Å². The molecule has 0 saturated heterocycles. The van der Waals surface area contributed by atoms with E-state index in [4.69, 9.17) is 17.0 Å². The largest absolute Gasteiger partial charge is 0.484 e. The van der Waals surface area contributed by atoms with Crippen molar-refractivity contribution in [1.29, 1.82) is 0 Å². The van der Waals surface area contributed by atoms with Gasteiger partial charge in [-0.3, -0.25) is 0 Å². The topological polar surface area (TPSA) is 68.8 Å². The number of halogens is 6. The number of thiophene rings is 1. The zero-order chi connectivity index (χ0) is 25.8. The van der Waals surface area contributed by atoms with Crippen LogP contribution in [0.3, 0.4) is 0 Å². The van der Waals surface area contributed by atoms with Gasteiger partial charge in [0.25, 0.3) is 0 Å². The predicted octanol–water partition coefficient (Wildman–Crippen LogP) is 6.10. The quantitative estimate of drug-likeness (QED) is 0.249. The van der Waals surface area contributed by atoms with Gasteiger partial charge in [0, 0.05) is 28.8 Å². The smallest absolute Gasteiger partial charge is 0.422 e. The molecule has 1 aliphatic carbocycles. The highest BCUT2D eigenvalue weighted by Crippen LogP contribution is 2.39. The molecule has 35 heavy (non-hydrogen) atoms. The number of aryl methyl sites for hydroxylation is 1. The number of hydrogen-bond donors (Lipinski definition) is 2. The summed E-state index contributed by atoms with van der Waals surface area (Å²) in [6.07, 6.45) is -5.92. The van der Waals surface area contributed by atoms with Crippen LogP contribution in [0.2, 0.25) is 0 Å². The van der Waals surface area contributed by atoms with Gasteiger partial charge >= 0.3 is 18.3 Å². The first-order valence-electron chi connectivity index (χ1n) is 10.2. The van der Waals surface area contributed by atoms with Gasteiger partial charge in [-0.15, -0.1) is 11.3 Å². The summed E-state index contributed by atoms with van der Waals surface area (Å²) >= 11 is 6.60. The average molecular weight is 543 g/mol. The normalized spacial score (nSPS) is 13.6. The number of alkyl halides is 6. The van der Waals surface area contributed by atoms with E-state index in [2.05, 4.69) is 20.1 Å². The van der Waals surface area contributed by atoms with Crippen molar-refractivity contribution in [2.75, 3.05) is 31.0 Å². The van der Waals surface area contributed by atoms with Crippen LogP contribution in [0, 0.1) is 0 Å². The average Bonchev–Trinajstić information content (AvgIpc) is 3.12. The van der Waals surface area contributed by atoms with Gasteiger partial charge < -0.3 is 24.8 Å². The molecule has 14 heteroatoms. The molecule has 0 fully saturated rings. The third-order valence-corrected chi connectivity index (χ3v) is 6.14. The molecular weight excluding hydrogens is 522 g/mol. The number of esters is 1. The van der Waals surface area contributed by atoms with Crippen molar-refractivity contribution in [3.8, 4) is 11.5 Å². The Morgan fingerprint density at radius 2 is 1.54 bits per heavy atom. The maximum atomic E-state index is 12.5. The number of thiocarbonyl (C=S) groups is 1. The Labute approximate surface area is 205 Å². The molecule has 1 aliphatic rings. The summed E-state index contributed by atoms with van der Waals surface area (Å²) in [5.41, 5.74) is 1.25. The van der Waals surface area contributed by atoms with Gasteiger partial charge in [0.1, 0.15) is 16.5 Å². The molecule has 6 nitrogen and oxygen atoms in total. The Morgan fingerprint density at radius 1 is 0.971 bits per heavy atom. The van der Waals surface area contributed by atoms with Gasteiger partial charge in [-0.25, -0.2) is 4.79 Å². The molecule has 0 saturated carbocycles. The molecule has 1 aromatic carbocycles. The third kappa shape index (κ3) is 7.88. The Hall–Kier alpha value is -2.74. The van der Waals surface area contributed by atoms with Crippen LogP contribution in [-0.2, 0) is 17.6 Å². The van der Waals surface area contributed by atoms with Gasteiger partial charge in [0.15, 0.2) is 18.3 Å². The SMILES string of the molecule is COC(=O)c1c(NC(=S)Nc2cc(OCC(F)(F)F)cc(OCC(F)(F)F)c2)sc2c1CCCC2.